The van der Waals surface area contributed by atoms with Gasteiger partial charge in [-0.05, 0) is 89.1 Å². The highest BCUT2D eigenvalue weighted by Crippen LogP contribution is 2.26. The number of hydrogen-bond acceptors (Lipinski definition) is 10. The lowest BCUT2D eigenvalue weighted by atomic mass is 10.1. The third-order valence-electron chi connectivity index (χ3n) is 9.18. The first-order valence-electron chi connectivity index (χ1n) is 17.9. The van der Waals surface area contributed by atoms with Crippen LogP contribution in [0.1, 0.15) is 79.8 Å². The maximum atomic E-state index is 13.5. The number of carboxylic acids is 1. The molecule has 6 aromatic rings. The molecule has 0 radical (unpaired) electrons. The van der Waals surface area contributed by atoms with Gasteiger partial charge in [-0.2, -0.15) is 10.2 Å². The third-order valence-corrected chi connectivity index (χ3v) is 9.18. The monoisotopic (exact) mass is 766 g/mol. The number of carboxylic acid groups (broad SMARTS) is 1. The number of aliphatic carboxylic acids is 1. The van der Waals surface area contributed by atoms with Crippen molar-refractivity contribution in [1.82, 2.24) is 38.7 Å². The minimum atomic E-state index is -1.17. The second kappa shape index (κ2) is 16.2. The average molecular weight is 767 g/mol. The Balaban J connectivity index is 1.30. The Labute approximate surface area is 319 Å². The summed E-state index contributed by atoms with van der Waals surface area (Å²) in [6.45, 7) is 8.05. The first-order chi connectivity index (χ1) is 26.8. The SMILES string of the molecule is CCn1nc(C)cc1C(=O)Nc1nc2cc(C(N)=O)ccc2n1CCC(CCn1c(NC(=O)c2cc(C)nn2CC)nc2cc(C(N)=O)ccc21)OCC(=O)O. The molecule has 292 valence electrons. The highest BCUT2D eigenvalue weighted by atomic mass is 16.5. The van der Waals surface area contributed by atoms with E-state index in [9.17, 15) is 29.1 Å². The van der Waals surface area contributed by atoms with Crippen molar-refractivity contribution in [3.05, 3.63) is 82.4 Å². The molecule has 4 heterocycles. The molecule has 6 rings (SSSR count). The molecule has 4 amide bonds. The minimum Gasteiger partial charge on any atom is -0.480 e. The molecule has 2 aromatic carbocycles. The van der Waals surface area contributed by atoms with E-state index in [1.807, 2.05) is 13.8 Å². The first-order valence-corrected chi connectivity index (χ1v) is 17.9. The summed E-state index contributed by atoms with van der Waals surface area (Å²) in [5, 5.41) is 24.0. The van der Waals surface area contributed by atoms with E-state index in [4.69, 9.17) is 16.2 Å². The summed E-state index contributed by atoms with van der Waals surface area (Å²) in [7, 11) is 0. The Morgan fingerprint density at radius 3 is 1.52 bits per heavy atom. The van der Waals surface area contributed by atoms with Gasteiger partial charge >= 0.3 is 5.97 Å². The third kappa shape index (κ3) is 8.26. The lowest BCUT2D eigenvalue weighted by Gasteiger charge is -2.20. The molecule has 0 aliphatic heterocycles. The Hall–Kier alpha value is -6.89. The molecule has 0 aliphatic rings. The zero-order chi connectivity index (χ0) is 40.3. The number of nitrogens with two attached hydrogens (primary N) is 2. The van der Waals surface area contributed by atoms with E-state index in [0.29, 0.717) is 57.9 Å². The molecule has 0 saturated heterocycles. The van der Waals surface area contributed by atoms with E-state index in [1.165, 1.54) is 12.1 Å². The fourth-order valence-corrected chi connectivity index (χ4v) is 6.53. The number of primary amides is 2. The zero-order valence-corrected chi connectivity index (χ0v) is 31.3. The van der Waals surface area contributed by atoms with Gasteiger partial charge in [0.25, 0.3) is 11.8 Å². The molecule has 0 spiro atoms. The predicted octanol–water partition coefficient (Wildman–Crippen LogP) is 3.09. The van der Waals surface area contributed by atoms with Crippen LogP contribution in [0.15, 0.2) is 48.5 Å². The number of imidazole rings is 2. The minimum absolute atomic E-state index is 0.183. The number of aromatic nitrogens is 8. The molecule has 7 N–H and O–H groups in total. The van der Waals surface area contributed by atoms with E-state index in [1.54, 1.807) is 68.7 Å². The molecule has 56 heavy (non-hydrogen) atoms. The van der Waals surface area contributed by atoms with Crippen LogP contribution in [0.25, 0.3) is 22.1 Å². The molecule has 0 bridgehead atoms. The summed E-state index contributed by atoms with van der Waals surface area (Å²) in [4.78, 5) is 71.9. The number of carbonyl (C=O) groups is 5. The van der Waals surface area contributed by atoms with Crippen molar-refractivity contribution in [3.63, 3.8) is 0 Å². The van der Waals surface area contributed by atoms with Crippen LogP contribution in [-0.2, 0) is 35.7 Å². The largest absolute Gasteiger partial charge is 0.480 e. The summed E-state index contributed by atoms with van der Waals surface area (Å²) >= 11 is 0. The number of aryl methyl sites for hydroxylation is 6. The molecular formula is C37H42N12O7. The van der Waals surface area contributed by atoms with Gasteiger partial charge in [-0.25, -0.2) is 14.8 Å². The maximum absolute atomic E-state index is 13.5. The van der Waals surface area contributed by atoms with Gasteiger partial charge in [0.1, 0.15) is 18.0 Å². The molecule has 19 nitrogen and oxygen atoms in total. The van der Waals surface area contributed by atoms with E-state index in [0.717, 1.165) is 0 Å². The summed E-state index contributed by atoms with van der Waals surface area (Å²) in [5.41, 5.74) is 15.5. The molecule has 0 unspecified atom stereocenters. The van der Waals surface area contributed by atoms with Crippen LogP contribution in [-0.4, -0.2) is 86.1 Å². The van der Waals surface area contributed by atoms with Crippen molar-refractivity contribution in [2.75, 3.05) is 17.2 Å². The Morgan fingerprint density at radius 1 is 0.714 bits per heavy atom. The van der Waals surface area contributed by atoms with Gasteiger partial charge in [-0.1, -0.05) is 0 Å². The number of fused-ring (bicyclic) bond motifs is 2. The van der Waals surface area contributed by atoms with E-state index in [-0.39, 0.29) is 49.0 Å². The number of carbonyl (C=O) groups excluding carboxylic acids is 4. The Kier molecular flexibility index (Phi) is 11.3. The lowest BCUT2D eigenvalue weighted by Crippen LogP contribution is -2.24. The van der Waals surface area contributed by atoms with Crippen LogP contribution in [0.4, 0.5) is 11.9 Å². The van der Waals surface area contributed by atoms with E-state index >= 15 is 0 Å². The topological polar surface area (TPSA) is 262 Å². The summed E-state index contributed by atoms with van der Waals surface area (Å²) in [6, 6.07) is 12.8. The van der Waals surface area contributed by atoms with E-state index in [2.05, 4.69) is 30.8 Å². The summed E-state index contributed by atoms with van der Waals surface area (Å²) < 4.78 is 12.5. The van der Waals surface area contributed by atoms with Crippen molar-refractivity contribution in [1.29, 1.82) is 0 Å². The van der Waals surface area contributed by atoms with Gasteiger partial charge in [0.05, 0.1) is 39.6 Å². The fourth-order valence-electron chi connectivity index (χ4n) is 6.53. The van der Waals surface area contributed by atoms with Gasteiger partial charge in [-0.3, -0.25) is 39.2 Å². The predicted molar refractivity (Wildman–Crippen MR) is 204 cm³/mol. The number of amides is 4. The Bertz CT molecular complexity index is 2330. The van der Waals surface area contributed by atoms with Crippen LogP contribution in [0.3, 0.4) is 0 Å². The van der Waals surface area contributed by atoms with Crippen molar-refractivity contribution in [3.8, 4) is 0 Å². The van der Waals surface area contributed by atoms with Crippen molar-refractivity contribution < 1.29 is 33.8 Å². The second-order valence-corrected chi connectivity index (χ2v) is 13.1. The van der Waals surface area contributed by atoms with Crippen LogP contribution in [0.2, 0.25) is 0 Å². The molecule has 19 heteroatoms. The molecular weight excluding hydrogens is 724 g/mol. The summed E-state index contributed by atoms with van der Waals surface area (Å²) in [6.07, 6.45) is -0.170. The molecule has 0 fully saturated rings. The highest BCUT2D eigenvalue weighted by molar-refractivity contribution is 6.04. The molecule has 0 aliphatic carbocycles. The van der Waals surface area contributed by atoms with Gasteiger partial charge < -0.3 is 30.4 Å². The standard InChI is InChI=1S/C37H42N12O7/c1-5-48-29(15-20(3)44-48)34(54)42-36-40-25-17-22(32(38)52)7-9-27(25)46(36)13-11-24(56-19-31(50)51)12-14-47-28-10-8-23(33(39)53)18-26(28)41-37(47)43-35(55)30-16-21(4)45-49(30)6-2/h7-10,15-18,24H,5-6,11-14,19H2,1-4H3,(H2,38,52)(H2,39,53)(H,50,51)(H,40,42,54)(H,41,43,55). The van der Waals surface area contributed by atoms with Crippen LogP contribution in [0, 0.1) is 13.8 Å². The van der Waals surface area contributed by atoms with E-state index < -0.39 is 42.3 Å². The highest BCUT2D eigenvalue weighted by Gasteiger charge is 2.23. The summed E-state index contributed by atoms with van der Waals surface area (Å²) in [5.74, 6) is -2.98. The number of nitrogens with one attached hydrogen (secondary N) is 2. The van der Waals surface area contributed by atoms with Crippen molar-refractivity contribution in [2.45, 2.75) is 72.8 Å². The lowest BCUT2D eigenvalue weighted by molar-refractivity contribution is -0.144. The van der Waals surface area contributed by atoms with Gasteiger partial charge in [0.15, 0.2) is 0 Å². The van der Waals surface area contributed by atoms with Gasteiger partial charge in [0, 0.05) is 37.3 Å². The average Bonchev–Trinajstić information content (AvgIpc) is 3.92. The molecule has 0 saturated carbocycles. The van der Waals surface area contributed by atoms with Crippen LogP contribution in [0.5, 0.6) is 0 Å². The number of rotatable bonds is 17. The maximum Gasteiger partial charge on any atom is 0.329 e. The normalized spacial score (nSPS) is 11.4. The van der Waals surface area contributed by atoms with Crippen molar-refractivity contribution >= 4 is 63.6 Å². The smallest absolute Gasteiger partial charge is 0.329 e. The number of anilines is 2. The quantitative estimate of drug-likeness (QED) is 0.0901. The zero-order valence-electron chi connectivity index (χ0n) is 31.3. The first kappa shape index (κ1) is 38.8. The van der Waals surface area contributed by atoms with Gasteiger partial charge in [0.2, 0.25) is 23.7 Å². The number of nitrogens with zero attached hydrogens (tertiary/aromatic N) is 8. The number of benzene rings is 2. The molecule has 0 atom stereocenters. The van der Waals surface area contributed by atoms with Crippen molar-refractivity contribution in [2.24, 2.45) is 11.5 Å². The Morgan fingerprint density at radius 2 is 1.14 bits per heavy atom. The molecule has 4 aromatic heterocycles. The van der Waals surface area contributed by atoms with Crippen LogP contribution < -0.4 is 22.1 Å². The van der Waals surface area contributed by atoms with Gasteiger partial charge in [-0.15, -0.1) is 0 Å². The number of ether oxygens (including phenoxy) is 1. The van der Waals surface area contributed by atoms with Crippen LogP contribution >= 0.6 is 0 Å². The second-order valence-electron chi connectivity index (χ2n) is 13.1. The number of hydrogen-bond donors (Lipinski definition) is 5. The fraction of sp³-hybridized carbons (Fsp3) is 0.324.